The van der Waals surface area contributed by atoms with Crippen LogP contribution in [0.15, 0.2) is 24.3 Å². The Morgan fingerprint density at radius 2 is 2.29 bits per heavy atom. The molecule has 14 heavy (non-hydrogen) atoms. The van der Waals surface area contributed by atoms with Gasteiger partial charge in [0.05, 0.1) is 12.8 Å². The molecule has 0 aliphatic rings. The summed E-state index contributed by atoms with van der Waals surface area (Å²) < 4.78 is 5.02. The molecule has 0 aromatic heterocycles. The van der Waals surface area contributed by atoms with Crippen molar-refractivity contribution in [2.24, 2.45) is 0 Å². The van der Waals surface area contributed by atoms with E-state index in [2.05, 4.69) is 0 Å². The first-order valence-electron chi connectivity index (χ1n) is 4.31. The van der Waals surface area contributed by atoms with Gasteiger partial charge >= 0.3 is 0 Å². The number of methoxy groups -OCH3 is 1. The number of aldehydes is 1. The zero-order chi connectivity index (χ0) is 10.4. The van der Waals surface area contributed by atoms with E-state index < -0.39 is 0 Å². The highest BCUT2D eigenvalue weighted by Crippen LogP contribution is 2.22. The van der Waals surface area contributed by atoms with Crippen LogP contribution in [-0.2, 0) is 4.79 Å². The van der Waals surface area contributed by atoms with Crippen molar-refractivity contribution < 1.29 is 9.53 Å². The number of ether oxygens (including phenoxy) is 1. The highest BCUT2D eigenvalue weighted by atomic mass is 16.5. The van der Waals surface area contributed by atoms with Gasteiger partial charge in [0.2, 0.25) is 0 Å². The molecular formula is C11H13NO2. The Morgan fingerprint density at radius 3 is 2.86 bits per heavy atom. The molecule has 0 radical (unpaired) electrons. The molecule has 1 aromatic rings. The van der Waals surface area contributed by atoms with E-state index in [1.165, 1.54) is 0 Å². The Bertz CT molecular complexity index is 345. The lowest BCUT2D eigenvalue weighted by atomic mass is 10.1. The van der Waals surface area contributed by atoms with Gasteiger partial charge in [0.25, 0.3) is 0 Å². The van der Waals surface area contributed by atoms with Crippen molar-refractivity contribution in [3.05, 3.63) is 29.8 Å². The van der Waals surface area contributed by atoms with Crippen LogP contribution < -0.4 is 10.5 Å². The van der Waals surface area contributed by atoms with E-state index in [9.17, 15) is 4.79 Å². The predicted molar refractivity (Wildman–Crippen MR) is 57.1 cm³/mol. The van der Waals surface area contributed by atoms with Crippen LogP contribution in [-0.4, -0.2) is 13.4 Å². The molecule has 1 rings (SSSR count). The van der Waals surface area contributed by atoms with Crippen molar-refractivity contribution in [1.82, 2.24) is 0 Å². The fourth-order valence-electron chi connectivity index (χ4n) is 1.12. The minimum absolute atomic E-state index is 0.423. The number of anilines is 1. The van der Waals surface area contributed by atoms with Crippen LogP contribution >= 0.6 is 0 Å². The summed E-state index contributed by atoms with van der Waals surface area (Å²) in [4.78, 5) is 10.1. The van der Waals surface area contributed by atoms with Crippen LogP contribution in [0.4, 0.5) is 5.69 Å². The number of hydrogen-bond donors (Lipinski definition) is 1. The summed E-state index contributed by atoms with van der Waals surface area (Å²) in [6, 6.07) is 5.49. The molecule has 3 nitrogen and oxygen atoms in total. The minimum Gasteiger partial charge on any atom is -0.495 e. The first-order chi connectivity index (χ1) is 6.77. The topological polar surface area (TPSA) is 52.3 Å². The van der Waals surface area contributed by atoms with Gasteiger partial charge < -0.3 is 15.3 Å². The van der Waals surface area contributed by atoms with Crippen LogP contribution in [0.1, 0.15) is 12.0 Å². The van der Waals surface area contributed by atoms with Gasteiger partial charge in [0.15, 0.2) is 0 Å². The Balaban J connectivity index is 2.80. The van der Waals surface area contributed by atoms with Gasteiger partial charge in [-0.2, -0.15) is 0 Å². The quantitative estimate of drug-likeness (QED) is 0.584. The van der Waals surface area contributed by atoms with Gasteiger partial charge in [0.1, 0.15) is 12.0 Å². The number of rotatable bonds is 4. The van der Waals surface area contributed by atoms with Crippen LogP contribution in [0.25, 0.3) is 6.08 Å². The highest BCUT2D eigenvalue weighted by Gasteiger charge is 1.97. The number of nitrogens with two attached hydrogens (primary N) is 1. The van der Waals surface area contributed by atoms with E-state index in [0.29, 0.717) is 17.9 Å². The molecule has 1 aromatic carbocycles. The van der Waals surface area contributed by atoms with Crippen molar-refractivity contribution in [1.29, 1.82) is 0 Å². The van der Waals surface area contributed by atoms with Crippen LogP contribution in [0.2, 0.25) is 0 Å². The maximum absolute atomic E-state index is 10.1. The molecule has 0 atom stereocenters. The molecule has 0 amide bonds. The van der Waals surface area contributed by atoms with E-state index in [1.54, 1.807) is 25.3 Å². The molecule has 0 fully saturated rings. The van der Waals surface area contributed by atoms with Crippen LogP contribution in [0.3, 0.4) is 0 Å². The number of allylic oxidation sites excluding steroid dienone is 1. The minimum atomic E-state index is 0.423. The summed E-state index contributed by atoms with van der Waals surface area (Å²) in [7, 11) is 1.58. The Labute approximate surface area is 83.2 Å². The number of hydrogen-bond acceptors (Lipinski definition) is 3. The average Bonchev–Trinajstić information content (AvgIpc) is 2.18. The third-order valence-electron chi connectivity index (χ3n) is 1.80. The van der Waals surface area contributed by atoms with Gasteiger partial charge in [-0.15, -0.1) is 0 Å². The molecule has 3 heteroatoms. The normalized spacial score (nSPS) is 10.4. The van der Waals surface area contributed by atoms with Crippen LogP contribution in [0, 0.1) is 0 Å². The summed E-state index contributed by atoms with van der Waals surface area (Å²) in [6.07, 6.45) is 4.91. The average molecular weight is 191 g/mol. The lowest BCUT2D eigenvalue weighted by Gasteiger charge is -2.04. The summed E-state index contributed by atoms with van der Waals surface area (Å²) in [5.74, 6) is 0.664. The molecule has 0 saturated heterocycles. The van der Waals surface area contributed by atoms with Crippen molar-refractivity contribution in [2.45, 2.75) is 6.42 Å². The predicted octanol–water partition coefficient (Wildman–Crippen LogP) is 1.88. The fraction of sp³-hybridized carbons (Fsp3) is 0.182. The summed E-state index contributed by atoms with van der Waals surface area (Å²) in [5.41, 5.74) is 7.27. The summed E-state index contributed by atoms with van der Waals surface area (Å²) >= 11 is 0. The standard InChI is InChI=1S/C11H13NO2/c1-14-11-6-5-9(8-10(11)12)4-2-3-7-13/h2,4-8H,3,12H2,1H3. The lowest BCUT2D eigenvalue weighted by Crippen LogP contribution is -1.92. The molecule has 0 heterocycles. The Kier molecular flexibility index (Phi) is 3.73. The molecule has 0 bridgehead atoms. The van der Waals surface area contributed by atoms with E-state index in [0.717, 1.165) is 11.8 Å². The highest BCUT2D eigenvalue weighted by molar-refractivity contribution is 5.63. The fourth-order valence-corrected chi connectivity index (χ4v) is 1.12. The smallest absolute Gasteiger partial charge is 0.141 e. The Morgan fingerprint density at radius 1 is 1.50 bits per heavy atom. The van der Waals surface area contributed by atoms with E-state index >= 15 is 0 Å². The first-order valence-corrected chi connectivity index (χ1v) is 4.31. The van der Waals surface area contributed by atoms with Crippen molar-refractivity contribution in [3.8, 4) is 5.75 Å². The molecule has 0 aliphatic carbocycles. The van der Waals surface area contributed by atoms with Gasteiger partial charge in [0, 0.05) is 6.42 Å². The third kappa shape index (κ3) is 2.62. The molecule has 0 saturated carbocycles. The van der Waals surface area contributed by atoms with Gasteiger partial charge in [-0.1, -0.05) is 18.2 Å². The molecule has 74 valence electrons. The van der Waals surface area contributed by atoms with E-state index in [-0.39, 0.29) is 0 Å². The maximum atomic E-state index is 10.1. The third-order valence-corrected chi connectivity index (χ3v) is 1.80. The zero-order valence-corrected chi connectivity index (χ0v) is 8.07. The first kappa shape index (κ1) is 10.3. The molecule has 0 aliphatic heterocycles. The second-order valence-electron chi connectivity index (χ2n) is 2.81. The van der Waals surface area contributed by atoms with Crippen molar-refractivity contribution in [2.75, 3.05) is 12.8 Å². The molecular weight excluding hydrogens is 178 g/mol. The van der Waals surface area contributed by atoms with Crippen LogP contribution in [0.5, 0.6) is 5.75 Å². The SMILES string of the molecule is COc1ccc(C=CCC=O)cc1N. The van der Waals surface area contributed by atoms with Gasteiger partial charge in [-0.3, -0.25) is 0 Å². The summed E-state index contributed by atoms with van der Waals surface area (Å²) in [6.45, 7) is 0. The number of nitrogen functional groups attached to an aromatic ring is 1. The maximum Gasteiger partial charge on any atom is 0.141 e. The van der Waals surface area contributed by atoms with Gasteiger partial charge in [-0.05, 0) is 17.7 Å². The zero-order valence-electron chi connectivity index (χ0n) is 8.07. The molecule has 0 unspecified atom stereocenters. The Hall–Kier alpha value is -1.77. The van der Waals surface area contributed by atoms with E-state index in [1.807, 2.05) is 12.1 Å². The van der Waals surface area contributed by atoms with Crippen molar-refractivity contribution in [3.63, 3.8) is 0 Å². The second kappa shape index (κ2) is 5.07. The summed E-state index contributed by atoms with van der Waals surface area (Å²) in [5, 5.41) is 0. The second-order valence-corrected chi connectivity index (χ2v) is 2.81. The molecule has 2 N–H and O–H groups in total. The number of carbonyl (C=O) groups excluding carboxylic acids is 1. The number of benzene rings is 1. The van der Waals surface area contributed by atoms with Gasteiger partial charge in [-0.25, -0.2) is 0 Å². The monoisotopic (exact) mass is 191 g/mol. The van der Waals surface area contributed by atoms with Crippen molar-refractivity contribution >= 4 is 18.0 Å². The van der Waals surface area contributed by atoms with E-state index in [4.69, 9.17) is 10.5 Å². The largest absolute Gasteiger partial charge is 0.495 e. The number of carbonyl (C=O) groups is 1. The molecule has 0 spiro atoms. The lowest BCUT2D eigenvalue weighted by molar-refractivity contribution is -0.107.